The summed E-state index contributed by atoms with van der Waals surface area (Å²) in [5.41, 5.74) is 1.20. The van der Waals surface area contributed by atoms with Crippen molar-refractivity contribution in [3.8, 4) is 0 Å². The fraction of sp³-hybridized carbons (Fsp3) is 0.308. The summed E-state index contributed by atoms with van der Waals surface area (Å²) in [4.78, 5) is 37.6. The maximum atomic E-state index is 14.3. The molecule has 186 valence electrons. The molecule has 1 amide bonds. The lowest BCUT2D eigenvalue weighted by molar-refractivity contribution is -0.122. The Morgan fingerprint density at radius 3 is 2.47 bits per heavy atom. The number of carbonyl (C=O) groups is 1. The molecule has 0 aliphatic carbocycles. The van der Waals surface area contributed by atoms with Gasteiger partial charge in [-0.2, -0.15) is 0 Å². The van der Waals surface area contributed by atoms with Crippen molar-refractivity contribution in [2.24, 2.45) is 5.92 Å². The number of rotatable bonds is 5. The van der Waals surface area contributed by atoms with E-state index in [2.05, 4.69) is 0 Å². The number of fused-ring (bicyclic) bond motifs is 1. The van der Waals surface area contributed by atoms with Gasteiger partial charge in [-0.3, -0.25) is 18.9 Å². The zero-order chi connectivity index (χ0) is 25.4. The normalized spacial score (nSPS) is 17.8. The largest absolute Gasteiger partial charge is 0.366 e. The third-order valence-electron chi connectivity index (χ3n) is 6.22. The van der Waals surface area contributed by atoms with Gasteiger partial charge in [-0.1, -0.05) is 56.0 Å². The molecule has 3 aromatic rings. The third-order valence-corrected chi connectivity index (χ3v) is 7.60. The number of hydrogen-bond acceptors (Lipinski definition) is 7. The molecule has 0 saturated carbocycles. The zero-order valence-electron chi connectivity index (χ0n) is 20.1. The van der Waals surface area contributed by atoms with Gasteiger partial charge in [-0.15, -0.1) is 0 Å². The molecule has 4 heterocycles. The number of anilines is 2. The van der Waals surface area contributed by atoms with Crippen molar-refractivity contribution in [2.45, 2.75) is 13.8 Å². The molecular formula is C26H26FN5O2S2. The highest BCUT2D eigenvalue weighted by atomic mass is 32.2. The molecule has 2 aliphatic rings. The van der Waals surface area contributed by atoms with Crippen LogP contribution < -0.4 is 15.4 Å². The van der Waals surface area contributed by atoms with Crippen LogP contribution in [0.4, 0.5) is 15.9 Å². The third kappa shape index (κ3) is 4.62. The Balaban J connectivity index is 1.51. The van der Waals surface area contributed by atoms with E-state index in [9.17, 15) is 14.0 Å². The fourth-order valence-electron chi connectivity index (χ4n) is 4.48. The van der Waals surface area contributed by atoms with Gasteiger partial charge in [0.1, 0.15) is 21.6 Å². The summed E-state index contributed by atoms with van der Waals surface area (Å²) < 4.78 is 16.3. The van der Waals surface area contributed by atoms with Crippen LogP contribution in [0.2, 0.25) is 0 Å². The molecular weight excluding hydrogens is 497 g/mol. The highest BCUT2D eigenvalue weighted by Gasteiger charge is 2.33. The van der Waals surface area contributed by atoms with E-state index in [1.54, 1.807) is 41.4 Å². The number of nitrogens with zero attached hydrogens (tertiary/aromatic N) is 5. The van der Waals surface area contributed by atoms with Crippen LogP contribution >= 0.6 is 24.0 Å². The Bertz CT molecular complexity index is 1430. The van der Waals surface area contributed by atoms with Crippen molar-refractivity contribution in [3.05, 3.63) is 75.3 Å². The molecule has 0 spiro atoms. The number of pyridine rings is 1. The lowest BCUT2D eigenvalue weighted by Gasteiger charge is -2.37. The number of halogens is 1. The molecule has 10 heteroatoms. The first-order valence-corrected chi connectivity index (χ1v) is 13.1. The second-order valence-corrected chi connectivity index (χ2v) is 10.9. The summed E-state index contributed by atoms with van der Waals surface area (Å²) >= 11 is 6.66. The standard InChI is InChI=1S/C26H26FN5O2S2/c1-17(2)16-32-25(34)21(36-26(32)35)15-18-23(28-22-9-5-6-10-31(22)24(18)33)30-13-11-29(12-14-30)20-8-4-3-7-19(20)27/h3-10,15,17H,11-14,16H2,1-2H3/b21-15-. The molecule has 2 saturated heterocycles. The van der Waals surface area contributed by atoms with E-state index in [0.717, 1.165) is 0 Å². The van der Waals surface area contributed by atoms with Crippen molar-refractivity contribution in [2.75, 3.05) is 42.5 Å². The van der Waals surface area contributed by atoms with Gasteiger partial charge >= 0.3 is 0 Å². The maximum Gasteiger partial charge on any atom is 0.267 e. The summed E-state index contributed by atoms with van der Waals surface area (Å²) in [5.74, 6) is 0.346. The van der Waals surface area contributed by atoms with Gasteiger partial charge in [0.05, 0.1) is 16.2 Å². The minimum atomic E-state index is -0.253. The number of thiocarbonyl (C=S) groups is 1. The van der Waals surface area contributed by atoms with Gasteiger partial charge in [0.2, 0.25) is 0 Å². The predicted molar refractivity (Wildman–Crippen MR) is 147 cm³/mol. The first kappa shape index (κ1) is 24.5. The molecule has 0 radical (unpaired) electrons. The monoisotopic (exact) mass is 523 g/mol. The molecule has 2 fully saturated rings. The van der Waals surface area contributed by atoms with Crippen LogP contribution in [0, 0.1) is 11.7 Å². The second-order valence-electron chi connectivity index (χ2n) is 9.19. The molecule has 0 atom stereocenters. The van der Waals surface area contributed by atoms with Crippen LogP contribution in [0.3, 0.4) is 0 Å². The number of thioether (sulfide) groups is 1. The van der Waals surface area contributed by atoms with Crippen molar-refractivity contribution < 1.29 is 9.18 Å². The number of para-hydroxylation sites is 1. The van der Waals surface area contributed by atoms with E-state index < -0.39 is 0 Å². The van der Waals surface area contributed by atoms with Crippen LogP contribution in [0.15, 0.2) is 58.4 Å². The van der Waals surface area contributed by atoms with Crippen molar-refractivity contribution in [1.82, 2.24) is 14.3 Å². The smallest absolute Gasteiger partial charge is 0.267 e. The van der Waals surface area contributed by atoms with Gasteiger partial charge in [0.25, 0.3) is 11.5 Å². The van der Waals surface area contributed by atoms with E-state index in [-0.39, 0.29) is 23.2 Å². The molecule has 5 rings (SSSR count). The summed E-state index contributed by atoms with van der Waals surface area (Å²) in [6, 6.07) is 12.1. The SMILES string of the molecule is CC(C)CN1C(=O)/C(=C/c2c(N3CCN(c4ccccc4F)CC3)nc3ccccn3c2=O)SC1=S. The van der Waals surface area contributed by atoms with Crippen LogP contribution in [0.1, 0.15) is 19.4 Å². The summed E-state index contributed by atoms with van der Waals surface area (Å²) in [6.07, 6.45) is 3.30. The Labute approximate surface area is 218 Å². The molecule has 0 N–H and O–H groups in total. The molecule has 0 unspecified atom stereocenters. The van der Waals surface area contributed by atoms with E-state index in [4.69, 9.17) is 17.2 Å². The van der Waals surface area contributed by atoms with E-state index in [1.807, 2.05) is 35.8 Å². The van der Waals surface area contributed by atoms with Crippen molar-refractivity contribution in [1.29, 1.82) is 0 Å². The van der Waals surface area contributed by atoms with E-state index >= 15 is 0 Å². The number of amides is 1. The molecule has 0 bridgehead atoms. The molecule has 2 aliphatic heterocycles. The predicted octanol–water partition coefficient (Wildman–Crippen LogP) is 4.02. The zero-order valence-corrected chi connectivity index (χ0v) is 21.7. The molecule has 36 heavy (non-hydrogen) atoms. The number of benzene rings is 1. The molecule has 1 aromatic carbocycles. The highest BCUT2D eigenvalue weighted by molar-refractivity contribution is 8.26. The average molecular weight is 524 g/mol. The quantitative estimate of drug-likeness (QED) is 0.370. The second kappa shape index (κ2) is 10.0. The van der Waals surface area contributed by atoms with Crippen LogP contribution in [-0.2, 0) is 4.79 Å². The Morgan fingerprint density at radius 1 is 1.06 bits per heavy atom. The topological polar surface area (TPSA) is 61.2 Å². The van der Waals surface area contributed by atoms with Crippen LogP contribution in [-0.4, -0.2) is 57.2 Å². The first-order chi connectivity index (χ1) is 17.3. The number of hydrogen-bond donors (Lipinski definition) is 0. The van der Waals surface area contributed by atoms with Crippen LogP contribution in [0.25, 0.3) is 11.7 Å². The Kier molecular flexibility index (Phi) is 6.81. The molecule has 7 nitrogen and oxygen atoms in total. The number of piperazine rings is 1. The maximum absolute atomic E-state index is 14.3. The highest BCUT2D eigenvalue weighted by Crippen LogP contribution is 2.34. The minimum Gasteiger partial charge on any atom is -0.366 e. The lowest BCUT2D eigenvalue weighted by atomic mass is 10.2. The van der Waals surface area contributed by atoms with Gasteiger partial charge < -0.3 is 9.80 Å². The number of aromatic nitrogens is 2. The Hall–Kier alpha value is -3.24. The van der Waals surface area contributed by atoms with Gasteiger partial charge in [-0.25, -0.2) is 9.37 Å². The summed E-state index contributed by atoms with van der Waals surface area (Å²) in [5, 5.41) is 0. The lowest BCUT2D eigenvalue weighted by Crippen LogP contribution is -2.47. The van der Waals surface area contributed by atoms with Gasteiger partial charge in [0, 0.05) is 38.9 Å². The average Bonchev–Trinajstić information content (AvgIpc) is 3.13. The fourth-order valence-corrected chi connectivity index (χ4v) is 5.74. The van der Waals surface area contributed by atoms with E-state index in [1.165, 1.54) is 22.2 Å². The van der Waals surface area contributed by atoms with Crippen molar-refractivity contribution >= 4 is 57.4 Å². The van der Waals surface area contributed by atoms with Crippen LogP contribution in [0.5, 0.6) is 0 Å². The minimum absolute atomic E-state index is 0.188. The van der Waals surface area contributed by atoms with Gasteiger partial charge in [-0.05, 0) is 36.3 Å². The first-order valence-electron chi connectivity index (χ1n) is 11.8. The van der Waals surface area contributed by atoms with Crippen molar-refractivity contribution in [3.63, 3.8) is 0 Å². The van der Waals surface area contributed by atoms with Gasteiger partial charge in [0.15, 0.2) is 0 Å². The Morgan fingerprint density at radius 2 is 1.75 bits per heavy atom. The summed E-state index contributed by atoms with van der Waals surface area (Å²) in [6.45, 7) is 6.85. The number of carbonyl (C=O) groups excluding carboxylic acids is 1. The summed E-state index contributed by atoms with van der Waals surface area (Å²) in [7, 11) is 0. The van der Waals surface area contributed by atoms with E-state index in [0.29, 0.717) is 64.7 Å². The molecule has 2 aromatic heterocycles.